The van der Waals surface area contributed by atoms with Crippen molar-refractivity contribution in [3.63, 3.8) is 0 Å². The van der Waals surface area contributed by atoms with E-state index >= 15 is 0 Å². The van der Waals surface area contributed by atoms with E-state index in [0.29, 0.717) is 6.54 Å². The van der Waals surface area contributed by atoms with Crippen LogP contribution in [-0.4, -0.2) is 24.0 Å². The van der Waals surface area contributed by atoms with E-state index in [4.69, 9.17) is 5.73 Å². The second kappa shape index (κ2) is 6.02. The van der Waals surface area contributed by atoms with Gasteiger partial charge in [-0.2, -0.15) is 0 Å². The summed E-state index contributed by atoms with van der Waals surface area (Å²) in [5.74, 6) is -0.121. The smallest absolute Gasteiger partial charge is 0.127 e. The molecule has 2 nitrogen and oxygen atoms in total. The Morgan fingerprint density at radius 3 is 2.47 bits per heavy atom. The molecule has 1 saturated carbocycles. The highest BCUT2D eigenvalue weighted by Crippen LogP contribution is 2.37. The molecule has 2 N–H and O–H groups in total. The van der Waals surface area contributed by atoms with E-state index in [1.165, 1.54) is 25.3 Å². The predicted octanol–water partition coefficient (Wildman–Crippen LogP) is 3.48. The number of rotatable bonds is 4. The summed E-state index contributed by atoms with van der Waals surface area (Å²) < 4.78 is 13.9. The number of likely N-dealkylation sites (N-methyl/N-ethyl adjacent to an activating group) is 1. The van der Waals surface area contributed by atoms with Gasteiger partial charge in [-0.25, -0.2) is 4.39 Å². The van der Waals surface area contributed by atoms with Crippen LogP contribution in [0.4, 0.5) is 4.39 Å². The van der Waals surface area contributed by atoms with Crippen molar-refractivity contribution in [1.82, 2.24) is 4.90 Å². The fourth-order valence-electron chi connectivity index (χ4n) is 3.34. The number of halogens is 1. The van der Waals surface area contributed by atoms with Gasteiger partial charge in [-0.1, -0.05) is 37.5 Å². The molecule has 0 heterocycles. The zero-order valence-electron chi connectivity index (χ0n) is 12.0. The summed E-state index contributed by atoms with van der Waals surface area (Å²) in [4.78, 5) is 2.30. The summed E-state index contributed by atoms with van der Waals surface area (Å²) in [6, 6.07) is 7.12. The van der Waals surface area contributed by atoms with E-state index in [9.17, 15) is 4.39 Å². The molecule has 0 saturated heterocycles. The van der Waals surface area contributed by atoms with Gasteiger partial charge in [-0.3, -0.25) is 4.90 Å². The summed E-state index contributed by atoms with van der Waals surface area (Å²) in [6.07, 6.45) is 6.00. The van der Waals surface area contributed by atoms with Crippen LogP contribution >= 0.6 is 0 Å². The van der Waals surface area contributed by atoms with Gasteiger partial charge in [0.25, 0.3) is 0 Å². The van der Waals surface area contributed by atoms with E-state index in [1.807, 2.05) is 12.1 Å². The monoisotopic (exact) mass is 264 g/mol. The summed E-state index contributed by atoms with van der Waals surface area (Å²) in [5, 5.41) is 0. The van der Waals surface area contributed by atoms with Crippen molar-refractivity contribution in [3.05, 3.63) is 35.6 Å². The highest BCUT2D eigenvalue weighted by atomic mass is 19.1. The Hall–Kier alpha value is -0.930. The second-order valence-electron chi connectivity index (χ2n) is 5.80. The van der Waals surface area contributed by atoms with Gasteiger partial charge in [0.1, 0.15) is 5.82 Å². The molecule has 0 bridgehead atoms. The van der Waals surface area contributed by atoms with E-state index in [2.05, 4.69) is 18.9 Å². The Kier molecular flexibility index (Phi) is 4.58. The predicted molar refractivity (Wildman–Crippen MR) is 77.4 cm³/mol. The van der Waals surface area contributed by atoms with Gasteiger partial charge in [0.05, 0.1) is 0 Å². The zero-order chi connectivity index (χ0) is 13.9. The van der Waals surface area contributed by atoms with Crippen LogP contribution in [0.3, 0.4) is 0 Å². The number of hydrogen-bond acceptors (Lipinski definition) is 2. The normalized spacial score (nSPS) is 20.5. The molecule has 1 aliphatic carbocycles. The molecule has 3 heteroatoms. The highest BCUT2D eigenvalue weighted by molar-refractivity contribution is 5.21. The number of nitrogens with zero attached hydrogens (tertiary/aromatic N) is 1. The first kappa shape index (κ1) is 14.5. The summed E-state index contributed by atoms with van der Waals surface area (Å²) in [7, 11) is 2.09. The third-order valence-corrected chi connectivity index (χ3v) is 4.85. The number of hydrogen-bond donors (Lipinski definition) is 1. The lowest BCUT2D eigenvalue weighted by Crippen LogP contribution is -2.54. The van der Waals surface area contributed by atoms with Crippen molar-refractivity contribution >= 4 is 0 Å². The molecule has 0 aromatic heterocycles. The fourth-order valence-corrected chi connectivity index (χ4v) is 3.34. The van der Waals surface area contributed by atoms with Gasteiger partial charge in [0.15, 0.2) is 0 Å². The van der Waals surface area contributed by atoms with Crippen LogP contribution in [0.5, 0.6) is 0 Å². The van der Waals surface area contributed by atoms with Gasteiger partial charge in [0, 0.05) is 23.7 Å². The molecule has 0 amide bonds. The zero-order valence-corrected chi connectivity index (χ0v) is 12.0. The first-order valence-electron chi connectivity index (χ1n) is 7.28. The molecule has 1 fully saturated rings. The molecular formula is C16H25FN2. The van der Waals surface area contributed by atoms with Crippen molar-refractivity contribution in [2.45, 2.75) is 50.6 Å². The average molecular weight is 264 g/mol. The minimum Gasteiger partial charge on any atom is -0.329 e. The summed E-state index contributed by atoms with van der Waals surface area (Å²) in [5.41, 5.74) is 6.87. The topological polar surface area (TPSA) is 29.3 Å². The van der Waals surface area contributed by atoms with E-state index in [-0.39, 0.29) is 17.4 Å². The van der Waals surface area contributed by atoms with Crippen LogP contribution in [0.15, 0.2) is 24.3 Å². The first-order valence-corrected chi connectivity index (χ1v) is 7.28. The lowest BCUT2D eigenvalue weighted by atomic mass is 9.79. The Morgan fingerprint density at radius 1 is 1.26 bits per heavy atom. The summed E-state index contributed by atoms with van der Waals surface area (Å²) in [6.45, 7) is 2.73. The Labute approximate surface area is 115 Å². The molecular weight excluding hydrogens is 239 g/mol. The number of benzene rings is 1. The van der Waals surface area contributed by atoms with Crippen molar-refractivity contribution in [2.75, 3.05) is 13.6 Å². The highest BCUT2D eigenvalue weighted by Gasteiger charge is 2.37. The fraction of sp³-hybridized carbons (Fsp3) is 0.625. The van der Waals surface area contributed by atoms with Gasteiger partial charge >= 0.3 is 0 Å². The Morgan fingerprint density at radius 2 is 1.89 bits per heavy atom. The first-order chi connectivity index (χ1) is 9.10. The van der Waals surface area contributed by atoms with Crippen LogP contribution in [0.1, 0.15) is 50.6 Å². The maximum absolute atomic E-state index is 13.9. The molecule has 1 atom stereocenters. The van der Waals surface area contributed by atoms with Gasteiger partial charge in [-0.15, -0.1) is 0 Å². The summed E-state index contributed by atoms with van der Waals surface area (Å²) >= 11 is 0. The molecule has 2 rings (SSSR count). The molecule has 106 valence electrons. The molecule has 0 spiro atoms. The van der Waals surface area contributed by atoms with Crippen LogP contribution in [-0.2, 0) is 0 Å². The van der Waals surface area contributed by atoms with Crippen LogP contribution in [0.25, 0.3) is 0 Å². The molecule has 1 aromatic carbocycles. The minimum atomic E-state index is -0.121. The van der Waals surface area contributed by atoms with Crippen molar-refractivity contribution in [1.29, 1.82) is 0 Å². The van der Waals surface area contributed by atoms with E-state index in [0.717, 1.165) is 18.4 Å². The van der Waals surface area contributed by atoms with Crippen LogP contribution in [0, 0.1) is 5.82 Å². The van der Waals surface area contributed by atoms with Crippen molar-refractivity contribution < 1.29 is 4.39 Å². The quantitative estimate of drug-likeness (QED) is 0.902. The lowest BCUT2D eigenvalue weighted by Gasteiger charge is -2.47. The standard InChI is InChI=1S/C16H25FN2/c1-13(14-8-4-5-9-15(14)17)19(2)16(12-18)10-6-3-7-11-16/h4-5,8-9,13H,3,6-7,10-12,18H2,1-2H3. The van der Waals surface area contributed by atoms with Crippen LogP contribution in [0.2, 0.25) is 0 Å². The van der Waals surface area contributed by atoms with Gasteiger partial charge < -0.3 is 5.73 Å². The molecule has 0 aliphatic heterocycles. The van der Waals surface area contributed by atoms with Crippen LogP contribution < -0.4 is 5.73 Å². The lowest BCUT2D eigenvalue weighted by molar-refractivity contribution is 0.0479. The second-order valence-corrected chi connectivity index (χ2v) is 5.80. The molecule has 1 unspecified atom stereocenters. The molecule has 1 aliphatic rings. The maximum Gasteiger partial charge on any atom is 0.127 e. The van der Waals surface area contributed by atoms with Crippen molar-refractivity contribution in [2.24, 2.45) is 5.73 Å². The third-order valence-electron chi connectivity index (χ3n) is 4.85. The Bertz CT molecular complexity index is 413. The third kappa shape index (κ3) is 2.82. The Balaban J connectivity index is 2.22. The SMILES string of the molecule is CC(c1ccccc1F)N(C)C1(CN)CCCCC1. The average Bonchev–Trinajstić information content (AvgIpc) is 2.47. The van der Waals surface area contributed by atoms with E-state index < -0.39 is 0 Å². The molecule has 1 aromatic rings. The van der Waals surface area contributed by atoms with E-state index in [1.54, 1.807) is 6.07 Å². The number of nitrogens with two attached hydrogens (primary N) is 1. The van der Waals surface area contributed by atoms with Crippen molar-refractivity contribution in [3.8, 4) is 0 Å². The molecule has 0 radical (unpaired) electrons. The minimum absolute atomic E-state index is 0.0416. The maximum atomic E-state index is 13.9. The van der Waals surface area contributed by atoms with Gasteiger partial charge in [-0.05, 0) is 32.9 Å². The van der Waals surface area contributed by atoms with Gasteiger partial charge in [0.2, 0.25) is 0 Å². The largest absolute Gasteiger partial charge is 0.329 e. The molecule has 19 heavy (non-hydrogen) atoms.